The van der Waals surface area contributed by atoms with Crippen molar-refractivity contribution >= 4 is 17.7 Å². The summed E-state index contributed by atoms with van der Waals surface area (Å²) in [7, 11) is 3.69. The number of benzene rings is 3. The Bertz CT molecular complexity index is 1190. The SMILES string of the molecule is CNCc1ccc(CCC(=O)N(C)CCOC(=O)N(c2ccccc2-c2ccccc2)N2CCCCC2)cc1. The molecule has 1 aliphatic heterocycles. The number of carbonyl (C=O) groups is 2. The molecule has 7 nitrogen and oxygen atoms in total. The average Bonchev–Trinajstić information content (AvgIpc) is 2.98. The number of likely N-dealkylation sites (N-methyl/N-ethyl adjacent to an activating group) is 1. The Labute approximate surface area is 232 Å². The standard InChI is InChI=1S/C32H40N4O3/c1-33-25-27-17-15-26(16-18-27)19-20-31(37)34(2)23-24-39-32(38)36(35-21-9-4-10-22-35)30-14-8-7-13-29(30)28-11-5-3-6-12-28/h3,5-8,11-18,33H,4,9-10,19-25H2,1-2H3. The summed E-state index contributed by atoms with van der Waals surface area (Å²) in [5, 5.41) is 6.92. The van der Waals surface area contributed by atoms with Crippen LogP contribution < -0.4 is 10.3 Å². The van der Waals surface area contributed by atoms with Gasteiger partial charge in [0.05, 0.1) is 12.2 Å². The van der Waals surface area contributed by atoms with E-state index in [0.29, 0.717) is 19.4 Å². The highest BCUT2D eigenvalue weighted by Crippen LogP contribution is 2.33. The lowest BCUT2D eigenvalue weighted by Crippen LogP contribution is -2.50. The molecule has 3 aromatic rings. The molecule has 39 heavy (non-hydrogen) atoms. The van der Waals surface area contributed by atoms with Gasteiger partial charge in [-0.25, -0.2) is 14.8 Å². The summed E-state index contributed by atoms with van der Waals surface area (Å²) in [6, 6.07) is 26.4. The average molecular weight is 529 g/mol. The number of carbonyl (C=O) groups excluding carboxylic acids is 2. The molecule has 2 amide bonds. The minimum absolute atomic E-state index is 0.0349. The maximum atomic E-state index is 13.5. The van der Waals surface area contributed by atoms with Crippen LogP contribution in [0.5, 0.6) is 0 Å². The zero-order chi connectivity index (χ0) is 27.5. The first kappa shape index (κ1) is 28.3. The zero-order valence-electron chi connectivity index (χ0n) is 23.1. The van der Waals surface area contributed by atoms with Crippen molar-refractivity contribution in [3.63, 3.8) is 0 Å². The number of hydrazine groups is 1. The van der Waals surface area contributed by atoms with Crippen LogP contribution in [0.25, 0.3) is 11.1 Å². The molecule has 1 heterocycles. The molecule has 0 atom stereocenters. The Kier molecular flexibility index (Phi) is 10.5. The number of hydrogen-bond acceptors (Lipinski definition) is 5. The number of para-hydroxylation sites is 1. The van der Waals surface area contributed by atoms with Gasteiger partial charge in [-0.2, -0.15) is 0 Å². The van der Waals surface area contributed by atoms with E-state index >= 15 is 0 Å². The van der Waals surface area contributed by atoms with Crippen molar-refractivity contribution in [3.8, 4) is 11.1 Å². The second-order valence-corrected chi connectivity index (χ2v) is 9.99. The molecular formula is C32H40N4O3. The second-order valence-electron chi connectivity index (χ2n) is 9.99. The summed E-state index contributed by atoms with van der Waals surface area (Å²) in [4.78, 5) is 27.9. The van der Waals surface area contributed by atoms with Gasteiger partial charge in [0.2, 0.25) is 5.91 Å². The highest BCUT2D eigenvalue weighted by molar-refractivity contribution is 5.93. The number of aryl methyl sites for hydroxylation is 1. The lowest BCUT2D eigenvalue weighted by Gasteiger charge is -2.37. The van der Waals surface area contributed by atoms with E-state index in [0.717, 1.165) is 61.3 Å². The lowest BCUT2D eigenvalue weighted by molar-refractivity contribution is -0.130. The predicted octanol–water partition coefficient (Wildman–Crippen LogP) is 5.51. The molecular weight excluding hydrogens is 488 g/mol. The Balaban J connectivity index is 1.36. The first-order chi connectivity index (χ1) is 19.1. The molecule has 1 saturated heterocycles. The second kappa shape index (κ2) is 14.5. The summed E-state index contributed by atoms with van der Waals surface area (Å²) in [5.41, 5.74) is 5.19. The molecule has 0 aromatic heterocycles. The molecule has 7 heteroatoms. The molecule has 0 unspecified atom stereocenters. The van der Waals surface area contributed by atoms with E-state index < -0.39 is 6.09 Å². The van der Waals surface area contributed by atoms with Crippen molar-refractivity contribution in [1.82, 2.24) is 15.2 Å². The number of rotatable bonds is 11. The minimum Gasteiger partial charge on any atom is -0.446 e. The van der Waals surface area contributed by atoms with Gasteiger partial charge in [-0.3, -0.25) is 4.79 Å². The summed E-state index contributed by atoms with van der Waals surface area (Å²) in [5.74, 6) is 0.0349. The summed E-state index contributed by atoms with van der Waals surface area (Å²) in [6.45, 7) is 2.91. The van der Waals surface area contributed by atoms with E-state index in [9.17, 15) is 9.59 Å². The number of hydrogen-bond donors (Lipinski definition) is 1. The van der Waals surface area contributed by atoms with Gasteiger partial charge in [0, 0.05) is 38.7 Å². The van der Waals surface area contributed by atoms with Crippen molar-refractivity contribution in [1.29, 1.82) is 0 Å². The van der Waals surface area contributed by atoms with Gasteiger partial charge < -0.3 is 15.0 Å². The van der Waals surface area contributed by atoms with Gasteiger partial charge in [-0.15, -0.1) is 0 Å². The van der Waals surface area contributed by atoms with Gasteiger partial charge in [0.1, 0.15) is 6.61 Å². The van der Waals surface area contributed by atoms with E-state index in [1.165, 1.54) is 5.56 Å². The Morgan fingerprint density at radius 2 is 1.54 bits per heavy atom. The smallest absolute Gasteiger partial charge is 0.429 e. The molecule has 1 fully saturated rings. The normalized spacial score (nSPS) is 13.6. The van der Waals surface area contributed by atoms with Crippen LogP contribution in [0.3, 0.4) is 0 Å². The highest BCUT2D eigenvalue weighted by Gasteiger charge is 2.28. The highest BCUT2D eigenvalue weighted by atomic mass is 16.6. The zero-order valence-corrected chi connectivity index (χ0v) is 23.1. The summed E-state index contributed by atoms with van der Waals surface area (Å²) >= 11 is 0. The van der Waals surface area contributed by atoms with Crippen LogP contribution in [-0.4, -0.2) is 62.2 Å². The van der Waals surface area contributed by atoms with Crippen molar-refractivity contribution in [2.45, 2.75) is 38.6 Å². The third kappa shape index (κ3) is 7.91. The van der Waals surface area contributed by atoms with Gasteiger partial charge in [0.15, 0.2) is 0 Å². The number of ether oxygens (including phenoxy) is 1. The summed E-state index contributed by atoms with van der Waals surface area (Å²) in [6.07, 6.45) is 3.91. The van der Waals surface area contributed by atoms with Crippen molar-refractivity contribution < 1.29 is 14.3 Å². The number of nitrogens with one attached hydrogen (secondary N) is 1. The predicted molar refractivity (Wildman–Crippen MR) is 156 cm³/mol. The van der Waals surface area contributed by atoms with Crippen LogP contribution in [0.1, 0.15) is 36.8 Å². The molecule has 1 N–H and O–H groups in total. The number of nitrogens with zero attached hydrogens (tertiary/aromatic N) is 3. The first-order valence-corrected chi connectivity index (χ1v) is 13.9. The Morgan fingerprint density at radius 3 is 2.26 bits per heavy atom. The van der Waals surface area contributed by atoms with E-state index in [1.54, 1.807) is 17.0 Å². The molecule has 0 bridgehead atoms. The number of anilines is 1. The molecule has 4 rings (SSSR count). The first-order valence-electron chi connectivity index (χ1n) is 13.9. The quantitative estimate of drug-likeness (QED) is 0.356. The van der Waals surface area contributed by atoms with E-state index in [1.807, 2.05) is 49.5 Å². The fraction of sp³-hybridized carbons (Fsp3) is 0.375. The lowest BCUT2D eigenvalue weighted by atomic mass is 10.0. The molecule has 1 aliphatic rings. The van der Waals surface area contributed by atoms with Crippen molar-refractivity contribution in [2.24, 2.45) is 0 Å². The minimum atomic E-state index is -0.414. The fourth-order valence-electron chi connectivity index (χ4n) is 4.89. The summed E-state index contributed by atoms with van der Waals surface area (Å²) < 4.78 is 5.77. The number of piperidine rings is 1. The van der Waals surface area contributed by atoms with Crippen LogP contribution in [0.4, 0.5) is 10.5 Å². The Morgan fingerprint density at radius 1 is 0.872 bits per heavy atom. The molecule has 206 valence electrons. The van der Waals surface area contributed by atoms with E-state index in [-0.39, 0.29) is 12.5 Å². The fourth-order valence-corrected chi connectivity index (χ4v) is 4.89. The Hall–Kier alpha value is -3.68. The van der Waals surface area contributed by atoms with Crippen LogP contribution >= 0.6 is 0 Å². The third-order valence-electron chi connectivity index (χ3n) is 7.11. The van der Waals surface area contributed by atoms with Gasteiger partial charge >= 0.3 is 6.09 Å². The van der Waals surface area contributed by atoms with Crippen LogP contribution in [-0.2, 0) is 22.5 Å². The monoisotopic (exact) mass is 528 g/mol. The maximum Gasteiger partial charge on any atom is 0.429 e. The van der Waals surface area contributed by atoms with Crippen molar-refractivity contribution in [2.75, 3.05) is 45.3 Å². The topological polar surface area (TPSA) is 65.1 Å². The molecule has 3 aromatic carbocycles. The van der Waals surface area contributed by atoms with Gasteiger partial charge in [-0.1, -0.05) is 79.2 Å². The van der Waals surface area contributed by atoms with Gasteiger partial charge in [0.25, 0.3) is 0 Å². The largest absolute Gasteiger partial charge is 0.446 e. The van der Waals surface area contributed by atoms with E-state index in [4.69, 9.17) is 4.74 Å². The van der Waals surface area contributed by atoms with Crippen molar-refractivity contribution in [3.05, 3.63) is 90.0 Å². The maximum absolute atomic E-state index is 13.5. The molecule has 0 saturated carbocycles. The van der Waals surface area contributed by atoms with Crippen LogP contribution in [0.2, 0.25) is 0 Å². The molecule has 0 radical (unpaired) electrons. The van der Waals surface area contributed by atoms with E-state index in [2.05, 4.69) is 46.7 Å². The third-order valence-corrected chi connectivity index (χ3v) is 7.11. The molecule has 0 aliphatic carbocycles. The number of amides is 2. The van der Waals surface area contributed by atoms with Gasteiger partial charge in [-0.05, 0) is 49.1 Å². The molecule has 0 spiro atoms. The van der Waals surface area contributed by atoms with Crippen LogP contribution in [0, 0.1) is 0 Å². The van der Waals surface area contributed by atoms with Crippen LogP contribution in [0.15, 0.2) is 78.9 Å².